The monoisotopic (exact) mass is 478 g/mol. The summed E-state index contributed by atoms with van der Waals surface area (Å²) in [6.45, 7) is 0.916. The molecule has 2 aliphatic rings. The molecule has 1 amide bonds. The molecule has 174 valence electrons. The summed E-state index contributed by atoms with van der Waals surface area (Å²) in [6.07, 6.45) is 5.61. The predicted molar refractivity (Wildman–Crippen MR) is 115 cm³/mol. The first-order chi connectivity index (χ1) is 15.8. The van der Waals surface area contributed by atoms with Gasteiger partial charge in [0.15, 0.2) is 23.1 Å². The van der Waals surface area contributed by atoms with E-state index in [1.165, 1.54) is 10.5 Å². The highest BCUT2D eigenvalue weighted by Crippen LogP contribution is 2.34. The van der Waals surface area contributed by atoms with Crippen LogP contribution in [0.1, 0.15) is 23.2 Å². The highest BCUT2D eigenvalue weighted by molar-refractivity contribution is 7.90. The Kier molecular flexibility index (Phi) is 5.12. The van der Waals surface area contributed by atoms with Crippen LogP contribution in [0.2, 0.25) is 0 Å². The third-order valence-electron chi connectivity index (χ3n) is 5.68. The highest BCUT2D eigenvalue weighted by Gasteiger charge is 2.41. The number of anilines is 3. The minimum atomic E-state index is -3.32. The van der Waals surface area contributed by atoms with Crippen LogP contribution in [-0.4, -0.2) is 69.6 Å². The van der Waals surface area contributed by atoms with Gasteiger partial charge in [0, 0.05) is 26.2 Å². The molecule has 5 rings (SSSR count). The minimum absolute atomic E-state index is 0.0382. The molecule has 0 atom stereocenters. The first-order valence-electron chi connectivity index (χ1n) is 10.2. The molecule has 1 aliphatic carbocycles. The Morgan fingerprint density at radius 2 is 1.85 bits per heavy atom. The van der Waals surface area contributed by atoms with Gasteiger partial charge in [0.05, 0.1) is 35.7 Å². The summed E-state index contributed by atoms with van der Waals surface area (Å²) in [5.74, 6) is -2.21. The van der Waals surface area contributed by atoms with Crippen LogP contribution in [0.3, 0.4) is 0 Å². The summed E-state index contributed by atoms with van der Waals surface area (Å²) in [5, 5.41) is 6.16. The molecule has 0 spiro atoms. The van der Waals surface area contributed by atoms with E-state index in [2.05, 4.69) is 20.4 Å². The standard InChI is InChI=1S/C19H20F2N8O3S/c20-11-7-24-18-15(17(22)26-29(18)10-11)19(30)25-14-9-23-8-13(21)16(14)27-3-5-28(6-4-27)33(31,32)12-1-2-12/h7-10,12H,1-6H2,(H2,22,26)(H,25,30). The molecule has 11 nitrogen and oxygen atoms in total. The van der Waals surface area contributed by atoms with E-state index in [1.807, 2.05) is 0 Å². The van der Waals surface area contributed by atoms with Gasteiger partial charge in [0.25, 0.3) is 5.91 Å². The second-order valence-electron chi connectivity index (χ2n) is 7.90. The van der Waals surface area contributed by atoms with E-state index < -0.39 is 27.6 Å². The molecule has 2 fully saturated rings. The van der Waals surface area contributed by atoms with Crippen LogP contribution >= 0.6 is 0 Å². The Labute approximate surface area is 187 Å². The molecule has 3 aromatic heterocycles. The lowest BCUT2D eigenvalue weighted by Gasteiger charge is -2.36. The fourth-order valence-electron chi connectivity index (χ4n) is 3.92. The van der Waals surface area contributed by atoms with Crippen LogP contribution in [0.5, 0.6) is 0 Å². The summed E-state index contributed by atoms with van der Waals surface area (Å²) in [5.41, 5.74) is 5.96. The quantitative estimate of drug-likeness (QED) is 0.550. The number of piperazine rings is 1. The number of aromatic nitrogens is 4. The van der Waals surface area contributed by atoms with Gasteiger partial charge in [-0.1, -0.05) is 0 Å². The van der Waals surface area contributed by atoms with Crippen molar-refractivity contribution < 1.29 is 22.0 Å². The molecule has 0 aromatic carbocycles. The number of pyridine rings is 1. The summed E-state index contributed by atoms with van der Waals surface area (Å²) < 4.78 is 55.6. The lowest BCUT2D eigenvalue weighted by Crippen LogP contribution is -2.50. The number of nitrogens with zero attached hydrogens (tertiary/aromatic N) is 6. The van der Waals surface area contributed by atoms with Crippen molar-refractivity contribution >= 4 is 38.8 Å². The van der Waals surface area contributed by atoms with Gasteiger partial charge in [0.2, 0.25) is 10.0 Å². The van der Waals surface area contributed by atoms with Crippen molar-refractivity contribution in [3.63, 3.8) is 0 Å². The molecule has 4 heterocycles. The van der Waals surface area contributed by atoms with Crippen molar-refractivity contribution in [2.75, 3.05) is 42.1 Å². The van der Waals surface area contributed by atoms with Crippen molar-refractivity contribution in [1.82, 2.24) is 23.9 Å². The molecule has 14 heteroatoms. The number of nitrogens with one attached hydrogen (secondary N) is 1. The molecule has 33 heavy (non-hydrogen) atoms. The molecular formula is C19H20F2N8O3S. The maximum absolute atomic E-state index is 14.8. The Morgan fingerprint density at radius 3 is 2.55 bits per heavy atom. The van der Waals surface area contributed by atoms with Crippen LogP contribution < -0.4 is 16.0 Å². The number of nitrogens with two attached hydrogens (primary N) is 1. The number of carbonyl (C=O) groups is 1. The average molecular weight is 478 g/mol. The van der Waals surface area contributed by atoms with Crippen molar-refractivity contribution in [2.24, 2.45) is 0 Å². The van der Waals surface area contributed by atoms with E-state index in [0.29, 0.717) is 12.8 Å². The summed E-state index contributed by atoms with van der Waals surface area (Å²) in [6, 6.07) is 0. The topological polar surface area (TPSA) is 139 Å². The van der Waals surface area contributed by atoms with E-state index >= 15 is 0 Å². The smallest absolute Gasteiger partial charge is 0.263 e. The zero-order valence-corrected chi connectivity index (χ0v) is 18.1. The van der Waals surface area contributed by atoms with Gasteiger partial charge in [-0.05, 0) is 12.8 Å². The van der Waals surface area contributed by atoms with E-state index in [-0.39, 0.29) is 59.8 Å². The number of fused-ring (bicyclic) bond motifs is 1. The van der Waals surface area contributed by atoms with Gasteiger partial charge < -0.3 is 16.0 Å². The molecule has 0 bridgehead atoms. The second kappa shape index (κ2) is 7.88. The first-order valence-corrected chi connectivity index (χ1v) is 11.7. The fourth-order valence-corrected chi connectivity index (χ4v) is 5.74. The van der Waals surface area contributed by atoms with Gasteiger partial charge in [0.1, 0.15) is 11.3 Å². The van der Waals surface area contributed by atoms with Crippen molar-refractivity contribution in [3.05, 3.63) is 42.0 Å². The van der Waals surface area contributed by atoms with Crippen molar-refractivity contribution in [3.8, 4) is 0 Å². The number of rotatable bonds is 5. The highest BCUT2D eigenvalue weighted by atomic mass is 32.2. The van der Waals surface area contributed by atoms with Crippen molar-refractivity contribution in [2.45, 2.75) is 18.1 Å². The normalized spacial score (nSPS) is 17.5. The zero-order valence-electron chi connectivity index (χ0n) is 17.3. The Hall–Kier alpha value is -3.39. The molecule has 1 saturated carbocycles. The predicted octanol–water partition coefficient (Wildman–Crippen LogP) is 0.851. The third kappa shape index (κ3) is 3.84. The van der Waals surface area contributed by atoms with Gasteiger partial charge in [-0.15, -0.1) is 5.10 Å². The summed E-state index contributed by atoms with van der Waals surface area (Å²) in [4.78, 5) is 22.3. The molecule has 0 radical (unpaired) electrons. The fraction of sp³-hybridized carbons (Fsp3) is 0.368. The Balaban J connectivity index is 1.39. The van der Waals surface area contributed by atoms with Gasteiger partial charge in [-0.3, -0.25) is 9.78 Å². The molecular weight excluding hydrogens is 458 g/mol. The Morgan fingerprint density at radius 1 is 1.12 bits per heavy atom. The SMILES string of the molecule is Nc1nn2cc(F)cnc2c1C(=O)Nc1cncc(F)c1N1CCN(S(=O)(=O)C2CC2)CC1. The lowest BCUT2D eigenvalue weighted by atomic mass is 10.2. The van der Waals surface area contributed by atoms with Gasteiger partial charge >= 0.3 is 0 Å². The van der Waals surface area contributed by atoms with Crippen molar-refractivity contribution in [1.29, 1.82) is 0 Å². The van der Waals surface area contributed by atoms with Crippen LogP contribution in [0, 0.1) is 11.6 Å². The van der Waals surface area contributed by atoms with E-state index in [1.54, 1.807) is 4.90 Å². The van der Waals surface area contributed by atoms with Gasteiger partial charge in [-0.25, -0.2) is 26.7 Å². The Bertz CT molecular complexity index is 1350. The maximum atomic E-state index is 14.8. The molecule has 1 aliphatic heterocycles. The molecule has 3 aromatic rings. The van der Waals surface area contributed by atoms with Crippen LogP contribution in [-0.2, 0) is 10.0 Å². The van der Waals surface area contributed by atoms with E-state index in [4.69, 9.17) is 5.73 Å². The number of carbonyl (C=O) groups excluding carboxylic acids is 1. The summed E-state index contributed by atoms with van der Waals surface area (Å²) >= 11 is 0. The van der Waals surface area contributed by atoms with Crippen LogP contribution in [0.15, 0.2) is 24.8 Å². The van der Waals surface area contributed by atoms with E-state index in [9.17, 15) is 22.0 Å². The number of hydrogen-bond acceptors (Lipinski definition) is 8. The first kappa shape index (κ1) is 21.5. The maximum Gasteiger partial charge on any atom is 0.263 e. The molecule has 1 saturated heterocycles. The zero-order chi connectivity index (χ0) is 23.3. The molecule has 3 N–H and O–H groups in total. The van der Waals surface area contributed by atoms with E-state index in [0.717, 1.165) is 23.1 Å². The number of sulfonamides is 1. The average Bonchev–Trinajstić information content (AvgIpc) is 3.57. The number of amides is 1. The third-order valence-corrected chi connectivity index (χ3v) is 8.08. The molecule has 0 unspecified atom stereocenters. The second-order valence-corrected chi connectivity index (χ2v) is 10.1. The number of hydrogen-bond donors (Lipinski definition) is 2. The van der Waals surface area contributed by atoms with Crippen LogP contribution in [0.25, 0.3) is 5.65 Å². The van der Waals surface area contributed by atoms with Gasteiger partial charge in [-0.2, -0.15) is 4.31 Å². The lowest BCUT2D eigenvalue weighted by molar-refractivity contribution is 0.102. The summed E-state index contributed by atoms with van der Waals surface area (Å²) in [7, 11) is -3.32. The van der Waals surface area contributed by atoms with Crippen LogP contribution in [0.4, 0.5) is 26.0 Å². The largest absolute Gasteiger partial charge is 0.381 e. The minimum Gasteiger partial charge on any atom is -0.381 e. The number of nitrogen functional groups attached to an aromatic ring is 1. The number of halogens is 2.